The Morgan fingerprint density at radius 2 is 1.90 bits per heavy atom. The molecule has 0 saturated carbocycles. The third-order valence-electron chi connectivity index (χ3n) is 5.22. The molecule has 1 aromatic carbocycles. The number of aromatic nitrogens is 3. The van der Waals surface area contributed by atoms with Gasteiger partial charge >= 0.3 is 0 Å². The highest BCUT2D eigenvalue weighted by Gasteiger charge is 2.36. The number of pyridine rings is 1. The number of rotatable bonds is 5. The molecule has 1 fully saturated rings. The summed E-state index contributed by atoms with van der Waals surface area (Å²) >= 11 is 0. The van der Waals surface area contributed by atoms with Crippen LogP contribution in [0.5, 0.6) is 0 Å². The van der Waals surface area contributed by atoms with Crippen molar-refractivity contribution in [2.75, 3.05) is 23.3 Å². The fourth-order valence-electron chi connectivity index (χ4n) is 3.64. The maximum Gasteiger partial charge on any atom is 0.263 e. The first kappa shape index (κ1) is 19.4. The molecule has 0 amide bonds. The molecule has 4 rings (SSSR count). The van der Waals surface area contributed by atoms with Crippen molar-refractivity contribution in [3.05, 3.63) is 53.3 Å². The average molecular weight is 399 g/mol. The van der Waals surface area contributed by atoms with Gasteiger partial charge in [-0.1, -0.05) is 18.2 Å². The van der Waals surface area contributed by atoms with Crippen LogP contribution in [0.15, 0.2) is 36.5 Å². The lowest BCUT2D eigenvalue weighted by Crippen LogP contribution is -2.60. The van der Waals surface area contributed by atoms with Crippen molar-refractivity contribution >= 4 is 22.4 Å². The lowest BCUT2D eigenvalue weighted by molar-refractivity contribution is 0.0310. The smallest absolute Gasteiger partial charge is 0.263 e. The van der Waals surface area contributed by atoms with E-state index in [1.807, 2.05) is 24.8 Å². The van der Waals surface area contributed by atoms with Gasteiger partial charge in [-0.25, -0.2) is 8.78 Å². The number of hydrogen-bond acceptors (Lipinski definition) is 6. The van der Waals surface area contributed by atoms with E-state index in [1.54, 1.807) is 25.3 Å². The van der Waals surface area contributed by atoms with Crippen molar-refractivity contribution in [1.29, 1.82) is 0 Å². The zero-order valence-corrected chi connectivity index (χ0v) is 16.5. The summed E-state index contributed by atoms with van der Waals surface area (Å²) in [6.45, 7) is 6.61. The second-order valence-electron chi connectivity index (χ2n) is 7.91. The molecule has 3 heterocycles. The van der Waals surface area contributed by atoms with Gasteiger partial charge in [0.1, 0.15) is 0 Å². The fourth-order valence-corrected chi connectivity index (χ4v) is 3.64. The van der Waals surface area contributed by atoms with Crippen molar-refractivity contribution < 1.29 is 13.9 Å². The van der Waals surface area contributed by atoms with E-state index in [0.717, 1.165) is 22.2 Å². The summed E-state index contributed by atoms with van der Waals surface area (Å²) in [6.07, 6.45) is -0.742. The standard InChI is InChI=1S/C21H23F2N5O/c1-12(14-5-4-6-15(7-14)19(22)23)25-20-17-8-16(28-10-21(3,29)11-28)9-24-18(17)13(2)26-27-20/h4-9,12,19,29H,10-11H2,1-3H3,(H,25,27)/t12-/m1/s1. The highest BCUT2D eigenvalue weighted by Crippen LogP contribution is 2.32. The number of benzene rings is 1. The number of nitrogens with zero attached hydrogens (tertiary/aromatic N) is 4. The Labute approximate surface area is 167 Å². The highest BCUT2D eigenvalue weighted by molar-refractivity contribution is 5.92. The Hall–Kier alpha value is -2.87. The first-order valence-electron chi connectivity index (χ1n) is 9.48. The van der Waals surface area contributed by atoms with Crippen LogP contribution in [0.1, 0.15) is 43.1 Å². The van der Waals surface area contributed by atoms with Crippen LogP contribution in [-0.2, 0) is 0 Å². The van der Waals surface area contributed by atoms with Crippen LogP contribution < -0.4 is 10.2 Å². The molecular formula is C21H23F2N5O. The molecule has 0 spiro atoms. The van der Waals surface area contributed by atoms with Crippen LogP contribution in [0.4, 0.5) is 20.3 Å². The first-order chi connectivity index (χ1) is 13.7. The number of nitrogens with one attached hydrogen (secondary N) is 1. The Morgan fingerprint density at radius 1 is 1.17 bits per heavy atom. The molecule has 29 heavy (non-hydrogen) atoms. The molecule has 1 atom stereocenters. The molecule has 1 saturated heterocycles. The molecular weight excluding hydrogens is 376 g/mol. The van der Waals surface area contributed by atoms with Gasteiger partial charge < -0.3 is 15.3 Å². The van der Waals surface area contributed by atoms with Gasteiger partial charge in [0.15, 0.2) is 5.82 Å². The molecule has 0 unspecified atom stereocenters. The van der Waals surface area contributed by atoms with Crippen molar-refractivity contribution in [3.8, 4) is 0 Å². The molecule has 152 valence electrons. The topological polar surface area (TPSA) is 74.2 Å². The summed E-state index contributed by atoms with van der Waals surface area (Å²) in [5.41, 5.74) is 2.37. The zero-order valence-electron chi connectivity index (χ0n) is 16.5. The van der Waals surface area contributed by atoms with E-state index in [1.165, 1.54) is 12.1 Å². The van der Waals surface area contributed by atoms with Crippen molar-refractivity contribution in [2.45, 2.75) is 38.8 Å². The molecule has 1 aliphatic rings. The van der Waals surface area contributed by atoms with Crippen LogP contribution in [0, 0.1) is 6.92 Å². The fraction of sp³-hybridized carbons (Fsp3) is 0.381. The summed E-state index contributed by atoms with van der Waals surface area (Å²) in [7, 11) is 0. The molecule has 0 bridgehead atoms. The minimum Gasteiger partial charge on any atom is -0.386 e. The van der Waals surface area contributed by atoms with Gasteiger partial charge in [0.05, 0.1) is 34.7 Å². The van der Waals surface area contributed by atoms with Gasteiger partial charge in [-0.15, -0.1) is 5.10 Å². The summed E-state index contributed by atoms with van der Waals surface area (Å²) < 4.78 is 26.1. The molecule has 0 aliphatic carbocycles. The van der Waals surface area contributed by atoms with E-state index < -0.39 is 12.0 Å². The number of fused-ring (bicyclic) bond motifs is 1. The predicted octanol–water partition coefficient (Wildman–Crippen LogP) is 4.01. The van der Waals surface area contributed by atoms with Crippen LogP contribution in [0.2, 0.25) is 0 Å². The molecule has 2 aromatic heterocycles. The van der Waals surface area contributed by atoms with Crippen molar-refractivity contribution in [2.24, 2.45) is 0 Å². The number of halogens is 2. The quantitative estimate of drug-likeness (QED) is 0.675. The molecule has 8 heteroatoms. The van der Waals surface area contributed by atoms with Crippen molar-refractivity contribution in [1.82, 2.24) is 15.2 Å². The van der Waals surface area contributed by atoms with E-state index in [9.17, 15) is 13.9 Å². The minimum atomic E-state index is -2.51. The summed E-state index contributed by atoms with van der Waals surface area (Å²) in [5.74, 6) is 0.544. The number of aliphatic hydroxyl groups is 1. The highest BCUT2D eigenvalue weighted by atomic mass is 19.3. The number of anilines is 2. The Morgan fingerprint density at radius 3 is 2.59 bits per heavy atom. The van der Waals surface area contributed by atoms with Gasteiger partial charge in [0, 0.05) is 24.0 Å². The number of hydrogen-bond donors (Lipinski definition) is 2. The van der Waals surface area contributed by atoms with Crippen LogP contribution >= 0.6 is 0 Å². The molecule has 0 radical (unpaired) electrons. The minimum absolute atomic E-state index is 0.00946. The maximum atomic E-state index is 13.0. The van der Waals surface area contributed by atoms with Gasteiger partial charge in [-0.05, 0) is 38.5 Å². The maximum absolute atomic E-state index is 13.0. The van der Waals surface area contributed by atoms with Crippen LogP contribution in [-0.4, -0.2) is 39.0 Å². The summed E-state index contributed by atoms with van der Waals surface area (Å²) in [6, 6.07) is 8.08. The second-order valence-corrected chi connectivity index (χ2v) is 7.91. The predicted molar refractivity (Wildman–Crippen MR) is 108 cm³/mol. The summed E-state index contributed by atoms with van der Waals surface area (Å²) in [5, 5.41) is 22.6. The van der Waals surface area contributed by atoms with E-state index in [4.69, 9.17) is 0 Å². The lowest BCUT2D eigenvalue weighted by atomic mass is 9.96. The number of β-amino-alcohol motifs (C(OH)–C–C–N with tert-alkyl or cyclic N) is 1. The molecule has 1 aliphatic heterocycles. The second kappa shape index (κ2) is 7.18. The molecule has 6 nitrogen and oxygen atoms in total. The zero-order chi connectivity index (χ0) is 20.8. The SMILES string of the molecule is Cc1nnc(N[C@H](C)c2cccc(C(F)F)c2)c2cc(N3CC(C)(O)C3)cnc12. The lowest BCUT2D eigenvalue weighted by Gasteiger charge is -2.45. The average Bonchev–Trinajstić information content (AvgIpc) is 2.68. The Balaban J connectivity index is 1.66. The van der Waals surface area contributed by atoms with Gasteiger partial charge in [-0.3, -0.25) is 4.98 Å². The number of alkyl halides is 2. The molecule has 3 aromatic rings. The van der Waals surface area contributed by atoms with E-state index in [-0.39, 0.29) is 11.6 Å². The van der Waals surface area contributed by atoms with Crippen LogP contribution in [0.3, 0.4) is 0 Å². The number of aryl methyl sites for hydroxylation is 1. The molecule has 2 N–H and O–H groups in total. The van der Waals surface area contributed by atoms with Gasteiger partial charge in [-0.2, -0.15) is 5.10 Å². The normalized spacial score (nSPS) is 16.7. The third-order valence-corrected chi connectivity index (χ3v) is 5.22. The van der Waals surface area contributed by atoms with E-state index in [0.29, 0.717) is 24.6 Å². The first-order valence-corrected chi connectivity index (χ1v) is 9.48. The Bertz CT molecular complexity index is 1050. The van der Waals surface area contributed by atoms with E-state index >= 15 is 0 Å². The largest absolute Gasteiger partial charge is 0.386 e. The van der Waals surface area contributed by atoms with Crippen molar-refractivity contribution in [3.63, 3.8) is 0 Å². The third kappa shape index (κ3) is 3.85. The van der Waals surface area contributed by atoms with E-state index in [2.05, 4.69) is 20.5 Å². The van der Waals surface area contributed by atoms with Gasteiger partial charge in [0.25, 0.3) is 6.43 Å². The van der Waals surface area contributed by atoms with Gasteiger partial charge in [0.2, 0.25) is 0 Å². The Kier molecular flexibility index (Phi) is 4.82. The monoisotopic (exact) mass is 399 g/mol. The summed E-state index contributed by atoms with van der Waals surface area (Å²) in [4.78, 5) is 6.59. The van der Waals surface area contributed by atoms with Crippen LogP contribution in [0.25, 0.3) is 10.9 Å².